The van der Waals surface area contributed by atoms with E-state index in [0.717, 1.165) is 12.5 Å². The minimum Gasteiger partial charge on any atom is -0.300 e. The second-order valence-corrected chi connectivity index (χ2v) is 4.34. The van der Waals surface area contributed by atoms with E-state index in [1.165, 1.54) is 13.8 Å². The first kappa shape index (κ1) is 16.9. The van der Waals surface area contributed by atoms with Crippen LogP contribution in [-0.4, -0.2) is 26.7 Å². The molecule has 0 aromatic rings. The molecule has 0 saturated heterocycles. The van der Waals surface area contributed by atoms with Gasteiger partial charge in [0.05, 0.1) is 0 Å². The van der Waals surface area contributed by atoms with E-state index in [4.69, 9.17) is 0 Å². The number of carbonyl (C=O) groups is 1. The Labute approximate surface area is 69.7 Å². The van der Waals surface area contributed by atoms with Crippen molar-refractivity contribution >= 4 is 15.6 Å². The third kappa shape index (κ3) is 3870. The Kier molecular flexibility index (Phi) is 14.8. The third-order valence-corrected chi connectivity index (χ3v) is 0. The van der Waals surface area contributed by atoms with Crippen LogP contribution in [-0.2, 0) is 14.6 Å². The van der Waals surface area contributed by atoms with Gasteiger partial charge in [0.25, 0.3) is 0 Å². The maximum absolute atomic E-state index is 9.63. The van der Waals surface area contributed by atoms with Crippen LogP contribution in [0.1, 0.15) is 27.7 Å². The van der Waals surface area contributed by atoms with Gasteiger partial charge in [-0.15, -0.1) is 0 Å². The third-order valence-electron chi connectivity index (χ3n) is 0. The van der Waals surface area contributed by atoms with E-state index >= 15 is 0 Å². The zero-order chi connectivity index (χ0) is 10.1. The van der Waals surface area contributed by atoms with Gasteiger partial charge in [-0.2, -0.15) is 0 Å². The maximum Gasteiger partial charge on any atom is 0.144 e. The van der Waals surface area contributed by atoms with Gasteiger partial charge in [-0.05, 0) is 13.8 Å². The number of hydrogen-bond acceptors (Lipinski definition) is 3. The van der Waals surface area contributed by atoms with E-state index in [1.807, 2.05) is 13.8 Å². The lowest BCUT2D eigenvalue weighted by molar-refractivity contribution is -0.114. The molecule has 0 aliphatic rings. The molecule has 0 bridgehead atoms. The van der Waals surface area contributed by atoms with Gasteiger partial charge in [-0.3, -0.25) is 0 Å². The predicted molar refractivity (Wildman–Crippen MR) is 48.5 cm³/mol. The van der Waals surface area contributed by atoms with Crippen molar-refractivity contribution in [2.75, 3.05) is 12.5 Å². The van der Waals surface area contributed by atoms with Gasteiger partial charge in [0.2, 0.25) is 0 Å². The minimum atomic E-state index is -2.67. The average Bonchev–Trinajstić information content (AvgIpc) is 1.63. The molecule has 0 atom stereocenters. The molecule has 0 saturated carbocycles. The summed E-state index contributed by atoms with van der Waals surface area (Å²) in [6.45, 7) is 7.06. The summed E-state index contributed by atoms with van der Waals surface area (Å²) in [6.07, 6.45) is 2.32. The first-order valence-electron chi connectivity index (χ1n) is 3.35. The first-order valence-corrected chi connectivity index (χ1v) is 5.65. The number of sulfone groups is 1. The zero-order valence-electron chi connectivity index (χ0n) is 8.13. The number of carbonyl (C=O) groups excluding carboxylic acids is 1. The van der Waals surface area contributed by atoms with Crippen molar-refractivity contribution < 1.29 is 13.2 Å². The van der Waals surface area contributed by atoms with Crippen LogP contribution in [0.15, 0.2) is 0 Å². The Morgan fingerprint density at radius 3 is 1.00 bits per heavy atom. The van der Waals surface area contributed by atoms with E-state index in [1.54, 1.807) is 0 Å². The predicted octanol–water partition coefficient (Wildman–Crippen LogP) is 1.28. The molecule has 0 heterocycles. The fraction of sp³-hybridized carbons (Fsp3) is 0.857. The molecule has 0 aliphatic carbocycles. The van der Waals surface area contributed by atoms with Gasteiger partial charge in [-0.25, -0.2) is 8.42 Å². The Hall–Kier alpha value is -0.380. The number of rotatable bonds is 0. The highest BCUT2D eigenvalue weighted by Crippen LogP contribution is 1.61. The summed E-state index contributed by atoms with van der Waals surface area (Å²) in [7, 11) is -2.67. The van der Waals surface area contributed by atoms with Gasteiger partial charge >= 0.3 is 0 Å². The molecule has 0 amide bonds. The van der Waals surface area contributed by atoms with E-state index < -0.39 is 9.84 Å². The van der Waals surface area contributed by atoms with Gasteiger partial charge < -0.3 is 4.79 Å². The molecular weight excluding hydrogens is 164 g/mol. The second kappa shape index (κ2) is 9.62. The molecule has 0 aliphatic heterocycles. The number of hydrogen-bond donors (Lipinski definition) is 0. The molecule has 0 rings (SSSR count). The molecule has 4 heteroatoms. The minimum absolute atomic E-state index is 0.167. The Morgan fingerprint density at radius 2 is 1.00 bits per heavy atom. The quantitative estimate of drug-likeness (QED) is 0.567. The zero-order valence-corrected chi connectivity index (χ0v) is 8.95. The largest absolute Gasteiger partial charge is 0.300 e. The van der Waals surface area contributed by atoms with Crippen molar-refractivity contribution in [1.82, 2.24) is 0 Å². The Morgan fingerprint density at radius 1 is 1.00 bits per heavy atom. The fourth-order valence-electron chi connectivity index (χ4n) is 0. The summed E-state index contributed by atoms with van der Waals surface area (Å²) in [5.41, 5.74) is 0. The molecule has 0 N–H and O–H groups in total. The highest BCUT2D eigenvalue weighted by molar-refractivity contribution is 7.89. The molecule has 0 radical (unpaired) electrons. The molecule has 0 spiro atoms. The van der Waals surface area contributed by atoms with Crippen molar-refractivity contribution in [2.45, 2.75) is 27.7 Å². The van der Waals surface area contributed by atoms with Crippen molar-refractivity contribution in [3.05, 3.63) is 0 Å². The molecule has 0 aromatic heterocycles. The van der Waals surface area contributed by atoms with Crippen LogP contribution < -0.4 is 0 Å². The number of ketones is 1. The smallest absolute Gasteiger partial charge is 0.144 e. The first-order chi connectivity index (χ1) is 4.73. The van der Waals surface area contributed by atoms with Crippen LogP contribution >= 0.6 is 0 Å². The molecule has 3 nitrogen and oxygen atoms in total. The van der Waals surface area contributed by atoms with Crippen LogP contribution in [0.3, 0.4) is 0 Å². The van der Waals surface area contributed by atoms with Gasteiger partial charge in [0, 0.05) is 12.5 Å². The normalized spacial score (nSPS) is 8.18. The summed E-state index contributed by atoms with van der Waals surface area (Å²) in [5.74, 6) is 0.167. The van der Waals surface area contributed by atoms with Crippen molar-refractivity contribution in [2.24, 2.45) is 0 Å². The van der Waals surface area contributed by atoms with E-state index in [9.17, 15) is 13.2 Å². The second-order valence-electron chi connectivity index (χ2n) is 2.05. The fourth-order valence-corrected chi connectivity index (χ4v) is 0. The SMILES string of the molecule is CC.CC(C)=O.CS(C)(=O)=O. The van der Waals surface area contributed by atoms with Gasteiger partial charge in [0.1, 0.15) is 15.6 Å². The molecule has 0 fully saturated rings. The van der Waals surface area contributed by atoms with Gasteiger partial charge in [0.15, 0.2) is 0 Å². The summed E-state index contributed by atoms with van der Waals surface area (Å²) in [4.78, 5) is 9.44. The molecule has 11 heavy (non-hydrogen) atoms. The highest BCUT2D eigenvalue weighted by Gasteiger charge is 1.79. The van der Waals surface area contributed by atoms with E-state index in [-0.39, 0.29) is 5.78 Å². The molecule has 0 aromatic carbocycles. The lowest BCUT2D eigenvalue weighted by Crippen LogP contribution is -1.86. The monoisotopic (exact) mass is 182 g/mol. The standard InChI is InChI=1S/C3H6O.C2H6O2S.C2H6/c1-3(2)4;1-5(2,3)4;1-2/h1-2H3;1-2H3;1-2H3. The van der Waals surface area contributed by atoms with Gasteiger partial charge in [-0.1, -0.05) is 13.8 Å². The van der Waals surface area contributed by atoms with E-state index in [0.29, 0.717) is 0 Å². The van der Waals surface area contributed by atoms with Crippen molar-refractivity contribution in [3.8, 4) is 0 Å². The Bertz CT molecular complexity index is 156. The maximum atomic E-state index is 9.63. The summed E-state index contributed by atoms with van der Waals surface area (Å²) in [6, 6.07) is 0. The van der Waals surface area contributed by atoms with Crippen LogP contribution in [0.5, 0.6) is 0 Å². The lowest BCUT2D eigenvalue weighted by atomic mass is 10.6. The molecular formula is C7H18O3S. The van der Waals surface area contributed by atoms with E-state index in [2.05, 4.69) is 0 Å². The molecule has 70 valence electrons. The summed E-state index contributed by atoms with van der Waals surface area (Å²) in [5, 5.41) is 0. The molecule has 0 unspecified atom stereocenters. The van der Waals surface area contributed by atoms with Crippen LogP contribution in [0.2, 0.25) is 0 Å². The van der Waals surface area contributed by atoms with Crippen LogP contribution in [0, 0.1) is 0 Å². The highest BCUT2D eigenvalue weighted by atomic mass is 32.2. The van der Waals surface area contributed by atoms with Crippen LogP contribution in [0.4, 0.5) is 0 Å². The average molecular weight is 182 g/mol. The van der Waals surface area contributed by atoms with Crippen LogP contribution in [0.25, 0.3) is 0 Å². The Balaban J connectivity index is -0.0000000965. The topological polar surface area (TPSA) is 51.2 Å². The number of Topliss-reactive ketones (excluding diaryl/α,β-unsaturated/α-hetero) is 1. The van der Waals surface area contributed by atoms with Crippen molar-refractivity contribution in [1.29, 1.82) is 0 Å². The summed E-state index contributed by atoms with van der Waals surface area (Å²) < 4.78 is 19.3. The summed E-state index contributed by atoms with van der Waals surface area (Å²) >= 11 is 0. The lowest BCUT2D eigenvalue weighted by Gasteiger charge is -1.69. The van der Waals surface area contributed by atoms with Crippen molar-refractivity contribution in [3.63, 3.8) is 0 Å².